The molecule has 6 nitrogen and oxygen atoms in total. The normalized spacial score (nSPS) is 14.4. The Balaban J connectivity index is 1.82. The Hall–Kier alpha value is -3.64. The zero-order valence-electron chi connectivity index (χ0n) is 20.5. The molecule has 2 amide bonds. The van der Waals surface area contributed by atoms with Gasteiger partial charge in [0.2, 0.25) is 5.91 Å². The first-order chi connectivity index (χ1) is 16.8. The summed E-state index contributed by atoms with van der Waals surface area (Å²) in [4.78, 5) is 26.6. The van der Waals surface area contributed by atoms with Gasteiger partial charge in [-0.05, 0) is 29.5 Å². The largest absolute Gasteiger partial charge is 0.441 e. The van der Waals surface area contributed by atoms with E-state index in [1.54, 1.807) is 6.92 Å². The summed E-state index contributed by atoms with van der Waals surface area (Å²) < 4.78 is 5.82. The second kappa shape index (κ2) is 12.2. The molecular weight excluding hydrogens is 440 g/mol. The van der Waals surface area contributed by atoms with Crippen molar-refractivity contribution in [3.05, 3.63) is 108 Å². The Morgan fingerprint density at radius 1 is 0.857 bits per heavy atom. The average molecular weight is 475 g/mol. The number of hydrogen-bond donors (Lipinski definition) is 3. The van der Waals surface area contributed by atoms with Crippen LogP contribution in [0.15, 0.2) is 91.0 Å². The molecule has 0 radical (unpaired) electrons. The van der Waals surface area contributed by atoms with Crippen LogP contribution in [0.2, 0.25) is 0 Å². The van der Waals surface area contributed by atoms with E-state index in [-0.39, 0.29) is 18.9 Å². The summed E-state index contributed by atoms with van der Waals surface area (Å²) in [6.45, 7) is 5.35. The summed E-state index contributed by atoms with van der Waals surface area (Å²) in [6, 6.07) is 27.6. The van der Waals surface area contributed by atoms with E-state index in [2.05, 4.69) is 10.6 Å². The molecule has 0 aliphatic carbocycles. The molecule has 0 heterocycles. The third-order valence-corrected chi connectivity index (χ3v) is 5.94. The molecule has 3 aromatic rings. The van der Waals surface area contributed by atoms with Gasteiger partial charge < -0.3 is 20.5 Å². The molecule has 3 rings (SSSR count). The lowest BCUT2D eigenvalue weighted by molar-refractivity contribution is -0.128. The second-order valence-corrected chi connectivity index (χ2v) is 9.22. The minimum atomic E-state index is -1.32. The van der Waals surface area contributed by atoms with Gasteiger partial charge in [-0.2, -0.15) is 0 Å². The van der Waals surface area contributed by atoms with Gasteiger partial charge in [0.25, 0.3) is 0 Å². The van der Waals surface area contributed by atoms with Crippen molar-refractivity contribution in [3.8, 4) is 0 Å². The molecule has 184 valence electrons. The van der Waals surface area contributed by atoms with Crippen LogP contribution < -0.4 is 10.6 Å². The molecule has 0 spiro atoms. The van der Waals surface area contributed by atoms with E-state index in [1.165, 1.54) is 0 Å². The molecule has 0 fully saturated rings. The van der Waals surface area contributed by atoms with Gasteiger partial charge in [0.15, 0.2) is 0 Å². The lowest BCUT2D eigenvalue weighted by atomic mass is 9.91. The van der Waals surface area contributed by atoms with Crippen LogP contribution in [0.5, 0.6) is 0 Å². The van der Waals surface area contributed by atoms with Crippen molar-refractivity contribution in [3.63, 3.8) is 0 Å². The zero-order chi connectivity index (χ0) is 25.3. The van der Waals surface area contributed by atoms with Gasteiger partial charge in [-0.3, -0.25) is 4.79 Å². The van der Waals surface area contributed by atoms with E-state index in [9.17, 15) is 14.7 Å². The van der Waals surface area contributed by atoms with Crippen LogP contribution in [-0.4, -0.2) is 29.3 Å². The highest BCUT2D eigenvalue weighted by atomic mass is 16.6. The van der Waals surface area contributed by atoms with Gasteiger partial charge in [0, 0.05) is 6.42 Å². The average Bonchev–Trinajstić information content (AvgIpc) is 2.87. The summed E-state index contributed by atoms with van der Waals surface area (Å²) in [5.74, 6) is -0.378. The van der Waals surface area contributed by atoms with Crippen LogP contribution in [0, 0.1) is 5.92 Å². The van der Waals surface area contributed by atoms with Gasteiger partial charge in [-0.1, -0.05) is 105 Å². The molecule has 35 heavy (non-hydrogen) atoms. The third-order valence-electron chi connectivity index (χ3n) is 5.94. The van der Waals surface area contributed by atoms with E-state index >= 15 is 0 Å². The molecular formula is C29H34N2O4. The fraction of sp³-hybridized carbons (Fsp3) is 0.310. The van der Waals surface area contributed by atoms with E-state index < -0.39 is 29.7 Å². The predicted octanol–water partition coefficient (Wildman–Crippen LogP) is 4.96. The summed E-state index contributed by atoms with van der Waals surface area (Å²) in [6.07, 6.45) is -0.893. The number of benzene rings is 3. The number of aliphatic hydroxyl groups excluding tert-OH is 1. The first-order valence-corrected chi connectivity index (χ1v) is 11.9. The highest BCUT2D eigenvalue weighted by Crippen LogP contribution is 2.26. The van der Waals surface area contributed by atoms with Crippen molar-refractivity contribution in [1.29, 1.82) is 0 Å². The van der Waals surface area contributed by atoms with Crippen LogP contribution in [0.4, 0.5) is 4.79 Å². The van der Waals surface area contributed by atoms with Crippen LogP contribution in [0.25, 0.3) is 0 Å². The van der Waals surface area contributed by atoms with Crippen molar-refractivity contribution in [2.75, 3.05) is 6.61 Å². The van der Waals surface area contributed by atoms with E-state index in [0.717, 1.165) is 16.7 Å². The Labute approximate surface area is 207 Å². The van der Waals surface area contributed by atoms with Gasteiger partial charge >= 0.3 is 6.09 Å². The summed E-state index contributed by atoms with van der Waals surface area (Å²) >= 11 is 0. The number of hydrogen-bond acceptors (Lipinski definition) is 4. The standard InChI is InChI=1S/C29H34N2O4/c1-21(2)26(24-17-11-6-12-18-24)35-28(34)31-29(3,19-22-13-7-4-8-14-22)27(33)30-25(20-32)23-15-9-5-10-16-23/h4-18,21,25-26,32H,19-20H2,1-3H3,(H,30,33)(H,31,34). The highest BCUT2D eigenvalue weighted by molar-refractivity contribution is 5.90. The molecule has 3 aromatic carbocycles. The fourth-order valence-corrected chi connectivity index (χ4v) is 4.02. The minimum Gasteiger partial charge on any atom is -0.441 e. The van der Waals surface area contributed by atoms with Gasteiger partial charge in [0.1, 0.15) is 11.6 Å². The molecule has 0 aliphatic heterocycles. The maximum atomic E-state index is 13.5. The van der Waals surface area contributed by atoms with Crippen LogP contribution in [-0.2, 0) is 16.0 Å². The first-order valence-electron chi connectivity index (χ1n) is 11.9. The van der Waals surface area contributed by atoms with E-state index in [1.807, 2.05) is 105 Å². The quantitative estimate of drug-likeness (QED) is 0.388. The van der Waals surface area contributed by atoms with Crippen molar-refractivity contribution in [1.82, 2.24) is 10.6 Å². The molecule has 3 N–H and O–H groups in total. The predicted molar refractivity (Wildman–Crippen MR) is 137 cm³/mol. The van der Waals surface area contributed by atoms with Gasteiger partial charge in [-0.15, -0.1) is 0 Å². The number of carbonyl (C=O) groups is 2. The van der Waals surface area contributed by atoms with Crippen LogP contribution in [0.1, 0.15) is 49.6 Å². The molecule has 3 atom stereocenters. The van der Waals surface area contributed by atoms with Crippen molar-refractivity contribution in [2.24, 2.45) is 5.92 Å². The monoisotopic (exact) mass is 474 g/mol. The molecule has 0 saturated carbocycles. The fourth-order valence-electron chi connectivity index (χ4n) is 4.02. The minimum absolute atomic E-state index is 0.0363. The van der Waals surface area contributed by atoms with Crippen molar-refractivity contribution >= 4 is 12.0 Å². The smallest absolute Gasteiger partial charge is 0.408 e. The van der Waals surface area contributed by atoms with Crippen molar-refractivity contribution in [2.45, 2.75) is 44.9 Å². The maximum absolute atomic E-state index is 13.5. The Bertz CT molecular complexity index is 1070. The number of alkyl carbamates (subject to hydrolysis) is 1. The molecule has 3 unspecified atom stereocenters. The van der Waals surface area contributed by atoms with Crippen LogP contribution in [0.3, 0.4) is 0 Å². The first kappa shape index (κ1) is 26.0. The van der Waals surface area contributed by atoms with Gasteiger partial charge in [0.05, 0.1) is 12.6 Å². The Morgan fingerprint density at radius 2 is 1.37 bits per heavy atom. The van der Waals surface area contributed by atoms with Gasteiger partial charge in [-0.25, -0.2) is 4.79 Å². The van der Waals surface area contributed by atoms with E-state index in [0.29, 0.717) is 0 Å². The zero-order valence-corrected chi connectivity index (χ0v) is 20.5. The third kappa shape index (κ3) is 7.17. The Kier molecular flexibility index (Phi) is 9.04. The van der Waals surface area contributed by atoms with Crippen molar-refractivity contribution < 1.29 is 19.4 Å². The molecule has 0 aromatic heterocycles. The number of aliphatic hydroxyl groups is 1. The SMILES string of the molecule is CC(C)C(OC(=O)NC(C)(Cc1ccccc1)C(=O)NC(CO)c1ccccc1)c1ccccc1. The molecule has 0 aliphatic rings. The second-order valence-electron chi connectivity index (χ2n) is 9.22. The number of ether oxygens (including phenoxy) is 1. The molecule has 0 saturated heterocycles. The maximum Gasteiger partial charge on any atom is 0.408 e. The summed E-state index contributed by atoms with van der Waals surface area (Å²) in [7, 11) is 0. The summed E-state index contributed by atoms with van der Waals surface area (Å²) in [5.41, 5.74) is 1.22. The molecule has 6 heteroatoms. The van der Waals surface area contributed by atoms with E-state index in [4.69, 9.17) is 4.74 Å². The topological polar surface area (TPSA) is 87.7 Å². The Morgan fingerprint density at radius 3 is 1.89 bits per heavy atom. The number of rotatable bonds is 10. The lowest BCUT2D eigenvalue weighted by Crippen LogP contribution is -2.59. The summed E-state index contributed by atoms with van der Waals surface area (Å²) in [5, 5.41) is 15.7. The van der Waals surface area contributed by atoms with Crippen LogP contribution >= 0.6 is 0 Å². The highest BCUT2D eigenvalue weighted by Gasteiger charge is 2.38. The number of nitrogens with one attached hydrogen (secondary N) is 2. The molecule has 0 bridgehead atoms. The number of amides is 2. The number of carbonyl (C=O) groups excluding carboxylic acids is 2. The lowest BCUT2D eigenvalue weighted by Gasteiger charge is -2.32.